The van der Waals surface area contributed by atoms with E-state index in [1.54, 1.807) is 24.3 Å². The molecule has 4 nitrogen and oxygen atoms in total. The molecule has 96 valence electrons. The maximum atomic E-state index is 10.1. The molecule has 2 aromatic rings. The summed E-state index contributed by atoms with van der Waals surface area (Å²) in [6, 6.07) is 14.4. The SMILES string of the molecule is O=C=Nc1ccc(C=Cc2ccc(N=C=O)cc2)cc1. The highest BCUT2D eigenvalue weighted by Gasteiger charge is 1.92. The molecular weight excluding hydrogens is 252 g/mol. The van der Waals surface area contributed by atoms with Gasteiger partial charge in [-0.1, -0.05) is 36.4 Å². The molecule has 0 aliphatic heterocycles. The summed E-state index contributed by atoms with van der Waals surface area (Å²) in [4.78, 5) is 27.3. The number of rotatable bonds is 4. The second kappa shape index (κ2) is 6.76. The molecule has 0 bridgehead atoms. The highest BCUT2D eigenvalue weighted by molar-refractivity contribution is 5.71. The molecule has 2 rings (SSSR count). The van der Waals surface area contributed by atoms with Gasteiger partial charge in [-0.2, -0.15) is 9.98 Å². The number of hydrogen-bond acceptors (Lipinski definition) is 4. The Morgan fingerprint density at radius 3 is 1.30 bits per heavy atom. The summed E-state index contributed by atoms with van der Waals surface area (Å²) >= 11 is 0. The average Bonchev–Trinajstić information content (AvgIpc) is 2.49. The van der Waals surface area contributed by atoms with Crippen molar-refractivity contribution in [1.82, 2.24) is 0 Å². The van der Waals surface area contributed by atoms with Crippen LogP contribution >= 0.6 is 0 Å². The summed E-state index contributed by atoms with van der Waals surface area (Å²) in [6.45, 7) is 0. The second-order valence-electron chi connectivity index (χ2n) is 3.92. The number of hydrogen-bond donors (Lipinski definition) is 0. The van der Waals surface area contributed by atoms with Gasteiger partial charge in [0.1, 0.15) is 0 Å². The molecule has 0 spiro atoms. The summed E-state index contributed by atoms with van der Waals surface area (Å²) in [5.74, 6) is 0. The van der Waals surface area contributed by atoms with E-state index in [4.69, 9.17) is 0 Å². The van der Waals surface area contributed by atoms with E-state index in [0.29, 0.717) is 11.4 Å². The van der Waals surface area contributed by atoms with E-state index in [2.05, 4.69) is 9.98 Å². The minimum absolute atomic E-state index is 0.577. The third kappa shape index (κ3) is 3.72. The van der Waals surface area contributed by atoms with E-state index in [9.17, 15) is 9.59 Å². The Labute approximate surface area is 115 Å². The maximum absolute atomic E-state index is 10.1. The quantitative estimate of drug-likeness (QED) is 0.478. The fourth-order valence-electron chi connectivity index (χ4n) is 1.62. The Balaban J connectivity index is 2.12. The summed E-state index contributed by atoms with van der Waals surface area (Å²) in [5, 5.41) is 0. The smallest absolute Gasteiger partial charge is 0.211 e. The van der Waals surface area contributed by atoms with Crippen LogP contribution in [0.25, 0.3) is 12.2 Å². The highest BCUT2D eigenvalue weighted by Crippen LogP contribution is 2.16. The molecule has 0 N–H and O–H groups in total. The first kappa shape index (κ1) is 13.4. The van der Waals surface area contributed by atoms with Crippen molar-refractivity contribution in [3.63, 3.8) is 0 Å². The topological polar surface area (TPSA) is 58.9 Å². The zero-order valence-corrected chi connectivity index (χ0v) is 10.5. The molecule has 0 unspecified atom stereocenters. The molecule has 0 saturated heterocycles. The van der Waals surface area contributed by atoms with Crippen LogP contribution in [0.15, 0.2) is 58.5 Å². The molecule has 0 aliphatic rings. The lowest BCUT2D eigenvalue weighted by atomic mass is 10.1. The van der Waals surface area contributed by atoms with E-state index in [1.165, 1.54) is 12.2 Å². The van der Waals surface area contributed by atoms with Crippen molar-refractivity contribution in [2.45, 2.75) is 0 Å². The maximum Gasteiger partial charge on any atom is 0.240 e. The molecule has 0 radical (unpaired) electrons. The molecule has 0 aromatic heterocycles. The van der Waals surface area contributed by atoms with Gasteiger partial charge in [-0.3, -0.25) is 0 Å². The van der Waals surface area contributed by atoms with Gasteiger partial charge in [0.05, 0.1) is 11.4 Å². The van der Waals surface area contributed by atoms with Gasteiger partial charge in [0.15, 0.2) is 0 Å². The standard InChI is InChI=1S/C16H10N2O2/c19-11-17-15-7-3-13(4-8-15)1-2-14-5-9-16(10-6-14)18-12-20/h1-10H. The van der Waals surface area contributed by atoms with E-state index in [-0.39, 0.29) is 0 Å². The van der Waals surface area contributed by atoms with Crippen molar-refractivity contribution in [2.75, 3.05) is 0 Å². The van der Waals surface area contributed by atoms with E-state index < -0.39 is 0 Å². The first-order chi connectivity index (χ1) is 9.81. The van der Waals surface area contributed by atoms with Crippen molar-refractivity contribution in [3.05, 3.63) is 59.7 Å². The van der Waals surface area contributed by atoms with Gasteiger partial charge >= 0.3 is 0 Å². The van der Waals surface area contributed by atoms with Gasteiger partial charge in [-0.15, -0.1) is 0 Å². The minimum atomic E-state index is 0.577. The van der Waals surface area contributed by atoms with Crippen LogP contribution in [0.2, 0.25) is 0 Å². The molecule has 0 atom stereocenters. The van der Waals surface area contributed by atoms with Crippen LogP contribution in [0.4, 0.5) is 11.4 Å². The fraction of sp³-hybridized carbons (Fsp3) is 0. The van der Waals surface area contributed by atoms with Crippen LogP contribution in [0.1, 0.15) is 11.1 Å². The van der Waals surface area contributed by atoms with Crippen LogP contribution in [0.3, 0.4) is 0 Å². The Hall–Kier alpha value is -3.06. The highest BCUT2D eigenvalue weighted by atomic mass is 16.1. The zero-order chi connectivity index (χ0) is 14.2. The van der Waals surface area contributed by atoms with Crippen molar-refractivity contribution in [1.29, 1.82) is 0 Å². The molecule has 0 heterocycles. The molecule has 4 heteroatoms. The summed E-state index contributed by atoms with van der Waals surface area (Å²) in [7, 11) is 0. The third-order valence-electron chi connectivity index (χ3n) is 2.60. The monoisotopic (exact) mass is 262 g/mol. The number of carbonyl (C=O) groups excluding carboxylic acids is 2. The Morgan fingerprint density at radius 2 is 1.00 bits per heavy atom. The summed E-state index contributed by atoms with van der Waals surface area (Å²) < 4.78 is 0. The molecule has 0 fully saturated rings. The second-order valence-corrected chi connectivity index (χ2v) is 3.92. The lowest BCUT2D eigenvalue weighted by molar-refractivity contribution is 0.564. The van der Waals surface area contributed by atoms with E-state index in [0.717, 1.165) is 11.1 Å². The molecule has 2 aromatic carbocycles. The lowest BCUT2D eigenvalue weighted by Gasteiger charge is -1.96. The van der Waals surface area contributed by atoms with Crippen LogP contribution < -0.4 is 0 Å². The van der Waals surface area contributed by atoms with Gasteiger partial charge in [0.25, 0.3) is 0 Å². The van der Waals surface area contributed by atoms with Crippen molar-refractivity contribution >= 4 is 35.7 Å². The third-order valence-corrected chi connectivity index (χ3v) is 2.60. The normalized spacial score (nSPS) is 9.80. The number of nitrogens with zero attached hydrogens (tertiary/aromatic N) is 2. The van der Waals surface area contributed by atoms with Crippen LogP contribution in [0, 0.1) is 0 Å². The zero-order valence-electron chi connectivity index (χ0n) is 10.5. The van der Waals surface area contributed by atoms with Gasteiger partial charge < -0.3 is 0 Å². The van der Waals surface area contributed by atoms with Gasteiger partial charge in [0, 0.05) is 0 Å². The van der Waals surface area contributed by atoms with Gasteiger partial charge in [-0.25, -0.2) is 9.59 Å². The summed E-state index contributed by atoms with van der Waals surface area (Å²) in [6.07, 6.45) is 6.87. The Bertz CT molecular complexity index is 640. The minimum Gasteiger partial charge on any atom is -0.211 e. The van der Waals surface area contributed by atoms with Crippen molar-refractivity contribution in [2.24, 2.45) is 9.98 Å². The molecule has 0 saturated carbocycles. The molecule has 0 aliphatic carbocycles. The van der Waals surface area contributed by atoms with Crippen LogP contribution in [-0.2, 0) is 9.59 Å². The van der Waals surface area contributed by atoms with Crippen molar-refractivity contribution in [3.8, 4) is 0 Å². The number of benzene rings is 2. The number of isocyanates is 2. The summed E-state index contributed by atoms with van der Waals surface area (Å²) in [5.41, 5.74) is 3.14. The lowest BCUT2D eigenvalue weighted by Crippen LogP contribution is -1.73. The van der Waals surface area contributed by atoms with Crippen LogP contribution in [-0.4, -0.2) is 12.2 Å². The molecule has 20 heavy (non-hydrogen) atoms. The molecule has 0 amide bonds. The predicted octanol–water partition coefficient (Wildman–Crippen LogP) is 3.79. The number of aliphatic imine (C=N–C) groups is 2. The molecular formula is C16H10N2O2. The first-order valence-corrected chi connectivity index (χ1v) is 5.86. The average molecular weight is 262 g/mol. The van der Waals surface area contributed by atoms with Crippen LogP contribution in [0.5, 0.6) is 0 Å². The predicted molar refractivity (Wildman–Crippen MR) is 77.4 cm³/mol. The van der Waals surface area contributed by atoms with E-state index in [1.807, 2.05) is 36.4 Å². The van der Waals surface area contributed by atoms with Gasteiger partial charge in [0.2, 0.25) is 12.2 Å². The van der Waals surface area contributed by atoms with Gasteiger partial charge in [-0.05, 0) is 35.4 Å². The Kier molecular flexibility index (Phi) is 4.52. The Morgan fingerprint density at radius 1 is 0.650 bits per heavy atom. The first-order valence-electron chi connectivity index (χ1n) is 5.86. The van der Waals surface area contributed by atoms with Crippen molar-refractivity contribution < 1.29 is 9.59 Å². The largest absolute Gasteiger partial charge is 0.240 e. The van der Waals surface area contributed by atoms with E-state index >= 15 is 0 Å². The fourth-order valence-corrected chi connectivity index (χ4v) is 1.62.